The predicted molar refractivity (Wildman–Crippen MR) is 86.5 cm³/mol. The second-order valence-electron chi connectivity index (χ2n) is 5.36. The van der Waals surface area contributed by atoms with Crippen LogP contribution in [0.1, 0.15) is 21.5 Å². The fraction of sp³-hybridized carbons (Fsp3) is 0.167. The number of ketones is 1. The van der Waals surface area contributed by atoms with Crippen LogP contribution in [0.15, 0.2) is 54.7 Å². The molecule has 0 fully saturated rings. The second kappa shape index (κ2) is 7.73. The Labute approximate surface area is 150 Å². The lowest BCUT2D eigenvalue weighted by Crippen LogP contribution is -2.11. The Bertz CT molecular complexity index is 806. The molecule has 27 heavy (non-hydrogen) atoms. The maximum Gasteiger partial charge on any atom is 0.416 e. The summed E-state index contributed by atoms with van der Waals surface area (Å²) in [5, 5.41) is 2.27. The number of halogens is 6. The zero-order valence-electron chi connectivity index (χ0n) is 13.8. The van der Waals surface area contributed by atoms with E-state index in [-0.39, 0.29) is 11.6 Å². The number of carbonyl (C=O) groups excluding carboxylic acids is 1. The van der Waals surface area contributed by atoms with Gasteiger partial charge >= 0.3 is 12.4 Å². The number of hydrogen-bond donors (Lipinski definition) is 1. The molecule has 0 aliphatic rings. The molecule has 144 valence electrons. The van der Waals surface area contributed by atoms with E-state index in [1.54, 1.807) is 0 Å². The van der Waals surface area contributed by atoms with E-state index < -0.39 is 35.0 Å². The Morgan fingerprint density at radius 3 is 1.89 bits per heavy atom. The zero-order chi connectivity index (χ0) is 20.2. The molecule has 2 rings (SSSR count). The van der Waals surface area contributed by atoms with E-state index in [0.717, 1.165) is 12.3 Å². The van der Waals surface area contributed by atoms with Gasteiger partial charge in [0.15, 0.2) is 5.78 Å². The van der Waals surface area contributed by atoms with E-state index in [1.165, 1.54) is 31.4 Å². The van der Waals surface area contributed by atoms with Crippen molar-refractivity contribution in [2.24, 2.45) is 0 Å². The van der Waals surface area contributed by atoms with E-state index in [4.69, 9.17) is 4.74 Å². The Hall–Kier alpha value is -2.97. The minimum Gasteiger partial charge on any atom is -0.497 e. The number of allylic oxidation sites excluding steroid dienone is 1. The Morgan fingerprint density at radius 2 is 1.44 bits per heavy atom. The molecule has 2 aromatic carbocycles. The molecule has 2 aromatic rings. The fourth-order valence-corrected chi connectivity index (χ4v) is 2.10. The first-order valence-electron chi connectivity index (χ1n) is 7.41. The lowest BCUT2D eigenvalue weighted by Gasteiger charge is -2.14. The molecule has 0 bridgehead atoms. The van der Waals surface area contributed by atoms with Gasteiger partial charge in [0.2, 0.25) is 0 Å². The van der Waals surface area contributed by atoms with Crippen LogP contribution in [0.3, 0.4) is 0 Å². The summed E-state index contributed by atoms with van der Waals surface area (Å²) >= 11 is 0. The van der Waals surface area contributed by atoms with Crippen LogP contribution >= 0.6 is 0 Å². The van der Waals surface area contributed by atoms with Gasteiger partial charge in [0.1, 0.15) is 5.75 Å². The average molecular weight is 389 g/mol. The quantitative estimate of drug-likeness (QED) is 0.415. The summed E-state index contributed by atoms with van der Waals surface area (Å²) in [7, 11) is 1.45. The minimum absolute atomic E-state index is 0.0252. The van der Waals surface area contributed by atoms with Crippen LogP contribution in [-0.4, -0.2) is 12.9 Å². The molecule has 0 heterocycles. The number of carbonyl (C=O) groups is 1. The molecular weight excluding hydrogens is 376 g/mol. The number of anilines is 1. The largest absolute Gasteiger partial charge is 0.497 e. The first kappa shape index (κ1) is 20.3. The lowest BCUT2D eigenvalue weighted by atomic mass is 10.1. The molecule has 0 aliphatic carbocycles. The molecule has 0 aliphatic heterocycles. The third-order valence-electron chi connectivity index (χ3n) is 3.45. The van der Waals surface area contributed by atoms with Crippen molar-refractivity contribution < 1.29 is 35.9 Å². The highest BCUT2D eigenvalue weighted by Gasteiger charge is 2.36. The average Bonchev–Trinajstić information content (AvgIpc) is 2.60. The number of hydrogen-bond acceptors (Lipinski definition) is 3. The molecule has 0 amide bonds. The highest BCUT2D eigenvalue weighted by molar-refractivity contribution is 6.04. The van der Waals surface area contributed by atoms with E-state index >= 15 is 0 Å². The lowest BCUT2D eigenvalue weighted by molar-refractivity contribution is -0.143. The third kappa shape index (κ3) is 5.50. The van der Waals surface area contributed by atoms with Gasteiger partial charge in [-0.3, -0.25) is 4.79 Å². The monoisotopic (exact) mass is 389 g/mol. The van der Waals surface area contributed by atoms with Crippen molar-refractivity contribution in [1.29, 1.82) is 0 Å². The summed E-state index contributed by atoms with van der Waals surface area (Å²) < 4.78 is 81.7. The summed E-state index contributed by atoms with van der Waals surface area (Å²) in [4.78, 5) is 12.0. The molecule has 0 saturated carbocycles. The molecule has 0 atom stereocenters. The summed E-state index contributed by atoms with van der Waals surface area (Å²) in [6, 6.07) is 7.09. The van der Waals surface area contributed by atoms with Gasteiger partial charge in [-0.2, -0.15) is 26.3 Å². The number of ether oxygens (including phenoxy) is 1. The molecule has 0 spiro atoms. The van der Waals surface area contributed by atoms with Crippen molar-refractivity contribution >= 4 is 11.5 Å². The Balaban J connectivity index is 2.20. The molecule has 3 nitrogen and oxygen atoms in total. The van der Waals surface area contributed by atoms with Gasteiger partial charge in [0.25, 0.3) is 0 Å². The van der Waals surface area contributed by atoms with Crippen LogP contribution in [-0.2, 0) is 12.4 Å². The van der Waals surface area contributed by atoms with Gasteiger partial charge in [-0.1, -0.05) is 0 Å². The number of benzene rings is 2. The van der Waals surface area contributed by atoms with Gasteiger partial charge < -0.3 is 10.1 Å². The van der Waals surface area contributed by atoms with Crippen molar-refractivity contribution in [3.8, 4) is 5.75 Å². The summed E-state index contributed by atoms with van der Waals surface area (Å²) in [5.74, 6) is 0.0328. The normalized spacial score (nSPS) is 12.3. The first-order chi connectivity index (χ1) is 12.5. The van der Waals surface area contributed by atoms with Gasteiger partial charge in [0, 0.05) is 23.5 Å². The van der Waals surface area contributed by atoms with E-state index in [1.807, 2.05) is 0 Å². The molecular formula is C18H13F6NO2. The van der Waals surface area contributed by atoms with Crippen LogP contribution in [0, 0.1) is 0 Å². The number of methoxy groups -OCH3 is 1. The van der Waals surface area contributed by atoms with Crippen LogP contribution in [0.4, 0.5) is 32.0 Å². The second-order valence-corrected chi connectivity index (χ2v) is 5.36. The number of alkyl halides is 6. The third-order valence-corrected chi connectivity index (χ3v) is 3.45. The minimum atomic E-state index is -4.94. The van der Waals surface area contributed by atoms with Crippen LogP contribution in [0.25, 0.3) is 0 Å². The highest BCUT2D eigenvalue weighted by Crippen LogP contribution is 2.37. The first-order valence-corrected chi connectivity index (χ1v) is 7.41. The molecule has 0 aromatic heterocycles. The van der Waals surface area contributed by atoms with Crippen molar-refractivity contribution in [2.75, 3.05) is 12.4 Å². The predicted octanol–water partition coefficient (Wildman–Crippen LogP) is 5.54. The smallest absolute Gasteiger partial charge is 0.416 e. The topological polar surface area (TPSA) is 38.3 Å². The van der Waals surface area contributed by atoms with Crippen molar-refractivity contribution in [3.63, 3.8) is 0 Å². The van der Waals surface area contributed by atoms with Crippen LogP contribution < -0.4 is 10.1 Å². The summed E-state index contributed by atoms with van der Waals surface area (Å²) in [5.41, 5.74) is -3.07. The molecule has 1 N–H and O–H groups in total. The SMILES string of the molecule is COc1ccc(C(=O)/C=C\Nc2cc(C(F)(F)F)cc(C(F)(F)F)c2)cc1. The zero-order valence-corrected chi connectivity index (χ0v) is 13.8. The number of rotatable bonds is 5. The Morgan fingerprint density at radius 1 is 0.926 bits per heavy atom. The van der Waals surface area contributed by atoms with Crippen LogP contribution in [0.5, 0.6) is 5.75 Å². The van der Waals surface area contributed by atoms with Crippen molar-refractivity contribution in [3.05, 3.63) is 71.4 Å². The van der Waals surface area contributed by atoms with Crippen LogP contribution in [0.2, 0.25) is 0 Å². The van der Waals surface area contributed by atoms with Crippen molar-refractivity contribution in [1.82, 2.24) is 0 Å². The van der Waals surface area contributed by atoms with Gasteiger partial charge in [-0.05, 0) is 42.5 Å². The van der Waals surface area contributed by atoms with E-state index in [0.29, 0.717) is 17.9 Å². The van der Waals surface area contributed by atoms with Crippen molar-refractivity contribution in [2.45, 2.75) is 12.4 Å². The standard InChI is InChI=1S/C18H13F6NO2/c1-27-15-4-2-11(3-5-15)16(26)6-7-25-14-9-12(17(19,20)21)8-13(10-14)18(22,23)24/h2-10,25H,1H3/b7-6-. The highest BCUT2D eigenvalue weighted by atomic mass is 19.4. The number of nitrogens with one attached hydrogen (secondary N) is 1. The fourth-order valence-electron chi connectivity index (χ4n) is 2.10. The van der Waals surface area contributed by atoms with Gasteiger partial charge in [-0.25, -0.2) is 0 Å². The molecule has 9 heteroatoms. The maximum atomic E-state index is 12.8. The summed E-state index contributed by atoms with van der Waals surface area (Å²) in [6.45, 7) is 0. The van der Waals surface area contributed by atoms with E-state index in [9.17, 15) is 31.1 Å². The van der Waals surface area contributed by atoms with Gasteiger partial charge in [-0.15, -0.1) is 0 Å². The summed E-state index contributed by atoms with van der Waals surface area (Å²) in [6.07, 6.45) is -7.92. The maximum absolute atomic E-state index is 12.8. The van der Waals surface area contributed by atoms with Gasteiger partial charge in [0.05, 0.1) is 18.2 Å². The molecule has 0 radical (unpaired) electrons. The molecule has 0 saturated heterocycles. The molecule has 0 unspecified atom stereocenters. The van der Waals surface area contributed by atoms with E-state index in [2.05, 4.69) is 5.32 Å². The Kier molecular flexibility index (Phi) is 5.82.